The zero-order valence-electron chi connectivity index (χ0n) is 19.5. The van der Waals surface area contributed by atoms with Crippen LogP contribution >= 0.6 is 0 Å². The maximum absolute atomic E-state index is 12.2. The lowest BCUT2D eigenvalue weighted by molar-refractivity contribution is -0.159. The number of carbonyl (C=O) groups excluding carboxylic acids is 1. The second-order valence-electron chi connectivity index (χ2n) is 8.18. The van der Waals surface area contributed by atoms with Gasteiger partial charge in [0, 0.05) is 49.9 Å². The molecule has 1 aliphatic rings. The minimum absolute atomic E-state index is 0.262. The van der Waals surface area contributed by atoms with Crippen LogP contribution in [0.4, 0.5) is 0 Å². The molecule has 0 aliphatic carbocycles. The summed E-state index contributed by atoms with van der Waals surface area (Å²) >= 11 is 0. The summed E-state index contributed by atoms with van der Waals surface area (Å²) in [4.78, 5) is 32.4. The van der Waals surface area contributed by atoms with Gasteiger partial charge in [0.05, 0.1) is 12.2 Å². The topological polar surface area (TPSA) is 125 Å². The molecule has 2 heterocycles. The molecule has 2 aromatic carbocycles. The summed E-state index contributed by atoms with van der Waals surface area (Å²) in [5.74, 6) is -3.39. The number of carbonyl (C=O) groups is 3. The molecular formula is C26H30N4O5. The Balaban J connectivity index is 0.000000509. The average molecular weight is 479 g/mol. The van der Waals surface area contributed by atoms with Gasteiger partial charge in [-0.05, 0) is 18.4 Å². The number of nitrogens with one attached hydrogen (secondary N) is 1. The highest BCUT2D eigenvalue weighted by molar-refractivity contribution is 6.27. The molecule has 1 amide bonds. The van der Waals surface area contributed by atoms with Crippen LogP contribution in [0, 0.1) is 0 Å². The van der Waals surface area contributed by atoms with Crippen molar-refractivity contribution in [3.8, 4) is 11.3 Å². The molecule has 0 spiro atoms. The van der Waals surface area contributed by atoms with Crippen LogP contribution in [-0.2, 0) is 27.5 Å². The third-order valence-corrected chi connectivity index (χ3v) is 5.54. The monoisotopic (exact) mass is 478 g/mol. The van der Waals surface area contributed by atoms with Gasteiger partial charge in [-0.3, -0.25) is 9.48 Å². The third kappa shape index (κ3) is 8.08. The van der Waals surface area contributed by atoms with E-state index in [2.05, 4.69) is 47.9 Å². The Morgan fingerprint density at radius 1 is 0.886 bits per heavy atom. The van der Waals surface area contributed by atoms with E-state index in [1.807, 2.05) is 33.8 Å². The van der Waals surface area contributed by atoms with Crippen molar-refractivity contribution in [1.82, 2.24) is 20.0 Å². The molecule has 9 nitrogen and oxygen atoms in total. The van der Waals surface area contributed by atoms with E-state index in [4.69, 9.17) is 24.9 Å². The average Bonchev–Trinajstić information content (AvgIpc) is 3.54. The maximum atomic E-state index is 12.2. The number of benzene rings is 2. The molecule has 9 heteroatoms. The van der Waals surface area contributed by atoms with Crippen molar-refractivity contribution in [2.24, 2.45) is 0 Å². The van der Waals surface area contributed by atoms with E-state index in [9.17, 15) is 4.79 Å². The predicted octanol–water partition coefficient (Wildman–Crippen LogP) is 2.86. The van der Waals surface area contributed by atoms with Crippen molar-refractivity contribution in [2.75, 3.05) is 19.6 Å². The van der Waals surface area contributed by atoms with Crippen molar-refractivity contribution in [2.45, 2.75) is 32.4 Å². The van der Waals surface area contributed by atoms with Gasteiger partial charge in [0.25, 0.3) is 0 Å². The molecule has 184 valence electrons. The van der Waals surface area contributed by atoms with E-state index in [1.165, 1.54) is 5.56 Å². The van der Waals surface area contributed by atoms with E-state index >= 15 is 0 Å². The number of nitrogens with zero attached hydrogens (tertiary/aromatic N) is 3. The fourth-order valence-corrected chi connectivity index (χ4v) is 3.83. The van der Waals surface area contributed by atoms with Crippen LogP contribution in [0.25, 0.3) is 11.3 Å². The Hall–Kier alpha value is -3.98. The Bertz CT molecular complexity index is 1100. The maximum Gasteiger partial charge on any atom is 0.414 e. The zero-order valence-corrected chi connectivity index (χ0v) is 19.5. The number of hydrogen-bond donors (Lipinski definition) is 3. The lowest BCUT2D eigenvalue weighted by Gasteiger charge is -2.15. The molecule has 1 aliphatic heterocycles. The van der Waals surface area contributed by atoms with Gasteiger partial charge in [0.2, 0.25) is 5.91 Å². The van der Waals surface area contributed by atoms with Gasteiger partial charge in [-0.2, -0.15) is 5.10 Å². The summed E-state index contributed by atoms with van der Waals surface area (Å²) in [6.07, 6.45) is 4.95. The summed E-state index contributed by atoms with van der Waals surface area (Å²) < 4.78 is 2.00. The first-order valence-electron chi connectivity index (χ1n) is 11.5. The normalized spacial score (nSPS) is 12.6. The number of hydrogen-bond acceptors (Lipinski definition) is 5. The number of carboxylic acid groups (broad SMARTS) is 2. The standard InChI is InChI=1S/C24H28N4O.C2H2O4/c29-23(27-15-7-8-16-27)13-14-25-17-22-19-28(18-20-9-3-1-4-10-20)26-24(22)21-11-5-2-6-12-21;3-1(4)2(5)6/h1-6,9-12,19,25H,7-8,13-18H2;(H,3,4)(H,5,6). The van der Waals surface area contributed by atoms with Crippen molar-refractivity contribution >= 4 is 17.8 Å². The highest BCUT2D eigenvalue weighted by Crippen LogP contribution is 2.22. The third-order valence-electron chi connectivity index (χ3n) is 5.54. The Kier molecular flexibility index (Phi) is 9.56. The van der Waals surface area contributed by atoms with Crippen LogP contribution in [0.15, 0.2) is 66.9 Å². The molecule has 0 unspecified atom stereocenters. The molecule has 35 heavy (non-hydrogen) atoms. The zero-order chi connectivity index (χ0) is 25.0. The van der Waals surface area contributed by atoms with Gasteiger partial charge in [-0.15, -0.1) is 0 Å². The number of likely N-dealkylation sites (tertiary alicyclic amines) is 1. The second kappa shape index (κ2) is 13.0. The fourth-order valence-electron chi connectivity index (χ4n) is 3.83. The Labute approximate surface area is 204 Å². The minimum atomic E-state index is -1.82. The van der Waals surface area contributed by atoms with Crippen molar-refractivity contribution < 1.29 is 24.6 Å². The first-order chi connectivity index (χ1) is 16.9. The summed E-state index contributed by atoms with van der Waals surface area (Å²) in [5.41, 5.74) is 4.50. The first-order valence-corrected chi connectivity index (χ1v) is 11.5. The van der Waals surface area contributed by atoms with E-state index in [0.29, 0.717) is 19.5 Å². The van der Waals surface area contributed by atoms with Crippen molar-refractivity contribution in [3.63, 3.8) is 0 Å². The summed E-state index contributed by atoms with van der Waals surface area (Å²) in [6.45, 7) is 3.97. The molecule has 1 fully saturated rings. The van der Waals surface area contributed by atoms with Crippen LogP contribution in [-0.4, -0.2) is 62.4 Å². The molecule has 0 radical (unpaired) electrons. The highest BCUT2D eigenvalue weighted by Gasteiger charge is 2.17. The number of rotatable bonds is 8. The number of aliphatic carboxylic acids is 2. The van der Waals surface area contributed by atoms with Crippen LogP contribution in [0.1, 0.15) is 30.4 Å². The molecule has 0 bridgehead atoms. The van der Waals surface area contributed by atoms with Gasteiger partial charge >= 0.3 is 11.9 Å². The molecule has 0 saturated carbocycles. The van der Waals surface area contributed by atoms with E-state index in [0.717, 1.165) is 49.3 Å². The SMILES string of the molecule is O=C(CCNCc1cn(Cc2ccccc2)nc1-c1ccccc1)N1CCCC1.O=C(O)C(=O)O. The molecule has 1 saturated heterocycles. The largest absolute Gasteiger partial charge is 0.473 e. The van der Waals surface area contributed by atoms with Gasteiger partial charge in [0.15, 0.2) is 0 Å². The Morgan fingerprint density at radius 3 is 2.09 bits per heavy atom. The molecular weight excluding hydrogens is 448 g/mol. The smallest absolute Gasteiger partial charge is 0.414 e. The van der Waals surface area contributed by atoms with Gasteiger partial charge in [-0.1, -0.05) is 60.7 Å². The Morgan fingerprint density at radius 2 is 1.49 bits per heavy atom. The minimum Gasteiger partial charge on any atom is -0.473 e. The van der Waals surface area contributed by atoms with Crippen molar-refractivity contribution in [1.29, 1.82) is 0 Å². The first kappa shape index (κ1) is 25.6. The van der Waals surface area contributed by atoms with Crippen LogP contribution in [0.2, 0.25) is 0 Å². The van der Waals surface area contributed by atoms with E-state index in [1.54, 1.807) is 0 Å². The van der Waals surface area contributed by atoms with Crippen LogP contribution in [0.5, 0.6) is 0 Å². The molecule has 3 aromatic rings. The summed E-state index contributed by atoms with van der Waals surface area (Å²) in [5, 5.41) is 23.1. The molecule has 4 rings (SSSR count). The van der Waals surface area contributed by atoms with E-state index < -0.39 is 11.9 Å². The summed E-state index contributed by atoms with van der Waals surface area (Å²) in [7, 11) is 0. The van der Waals surface area contributed by atoms with Gasteiger partial charge in [0.1, 0.15) is 0 Å². The van der Waals surface area contributed by atoms with Crippen LogP contribution < -0.4 is 5.32 Å². The summed E-state index contributed by atoms with van der Waals surface area (Å²) in [6, 6.07) is 20.7. The quantitative estimate of drug-likeness (QED) is 0.336. The molecule has 3 N–H and O–H groups in total. The molecule has 1 aromatic heterocycles. The molecule has 0 atom stereocenters. The number of aromatic nitrogens is 2. The van der Waals surface area contributed by atoms with Gasteiger partial charge < -0.3 is 20.4 Å². The van der Waals surface area contributed by atoms with Gasteiger partial charge in [-0.25, -0.2) is 9.59 Å². The second-order valence-corrected chi connectivity index (χ2v) is 8.18. The number of carboxylic acids is 2. The van der Waals surface area contributed by atoms with Crippen LogP contribution in [0.3, 0.4) is 0 Å². The highest BCUT2D eigenvalue weighted by atomic mass is 16.4. The lowest BCUT2D eigenvalue weighted by Crippen LogP contribution is -2.30. The number of amides is 1. The predicted molar refractivity (Wildman–Crippen MR) is 131 cm³/mol. The van der Waals surface area contributed by atoms with E-state index in [-0.39, 0.29) is 5.91 Å². The fraction of sp³-hybridized carbons (Fsp3) is 0.308. The van der Waals surface area contributed by atoms with Crippen molar-refractivity contribution in [3.05, 3.63) is 78.0 Å². The lowest BCUT2D eigenvalue weighted by atomic mass is 10.1.